The van der Waals surface area contributed by atoms with Gasteiger partial charge >= 0.3 is 5.97 Å². The van der Waals surface area contributed by atoms with Crippen molar-refractivity contribution in [2.45, 2.75) is 12.3 Å². The van der Waals surface area contributed by atoms with Crippen LogP contribution in [0, 0.1) is 5.92 Å². The lowest BCUT2D eigenvalue weighted by atomic mass is 10.1. The maximum atomic E-state index is 10.7. The topological polar surface area (TPSA) is 46.5 Å². The van der Waals surface area contributed by atoms with Crippen LogP contribution in [0.3, 0.4) is 0 Å². The van der Waals surface area contributed by atoms with Crippen molar-refractivity contribution in [3.05, 3.63) is 28.2 Å². The summed E-state index contributed by atoms with van der Waals surface area (Å²) < 4.78 is 6.00. The number of rotatable bonds is 3. The molecule has 0 heterocycles. The zero-order valence-corrected chi connectivity index (χ0v) is 9.82. The number of benzene rings is 1. The molecular formula is C11H11BrO3. The van der Waals surface area contributed by atoms with Crippen molar-refractivity contribution in [1.82, 2.24) is 0 Å². The smallest absolute Gasteiger partial charge is 0.307 e. The molecule has 1 fully saturated rings. The Morgan fingerprint density at radius 2 is 2.33 bits per heavy atom. The number of methoxy groups -OCH3 is 1. The number of carbonyl (C=O) groups is 1. The summed E-state index contributed by atoms with van der Waals surface area (Å²) in [6.45, 7) is 0. The quantitative estimate of drug-likeness (QED) is 0.919. The fourth-order valence-corrected chi connectivity index (χ4v) is 2.40. The van der Waals surface area contributed by atoms with Gasteiger partial charge in [-0.05, 0) is 30.0 Å². The van der Waals surface area contributed by atoms with Crippen molar-refractivity contribution in [3.8, 4) is 5.75 Å². The van der Waals surface area contributed by atoms with E-state index in [1.54, 1.807) is 7.11 Å². The Morgan fingerprint density at radius 3 is 2.80 bits per heavy atom. The van der Waals surface area contributed by atoms with Crippen LogP contribution in [0.2, 0.25) is 0 Å². The van der Waals surface area contributed by atoms with E-state index in [-0.39, 0.29) is 11.8 Å². The number of hydrogen-bond acceptors (Lipinski definition) is 2. The molecule has 1 saturated carbocycles. The van der Waals surface area contributed by atoms with Crippen LogP contribution >= 0.6 is 15.9 Å². The van der Waals surface area contributed by atoms with Crippen molar-refractivity contribution >= 4 is 21.9 Å². The van der Waals surface area contributed by atoms with Gasteiger partial charge in [0, 0.05) is 4.47 Å². The molecule has 0 amide bonds. The molecule has 1 aromatic rings. The first kappa shape index (κ1) is 10.5. The molecule has 4 heteroatoms. The van der Waals surface area contributed by atoms with Gasteiger partial charge in [0.15, 0.2) is 0 Å². The maximum absolute atomic E-state index is 10.7. The van der Waals surface area contributed by atoms with Gasteiger partial charge in [0.05, 0.1) is 13.0 Å². The molecule has 0 saturated heterocycles. The normalized spacial score (nSPS) is 23.6. The molecule has 2 atom stereocenters. The minimum atomic E-state index is -0.706. The highest BCUT2D eigenvalue weighted by atomic mass is 79.9. The van der Waals surface area contributed by atoms with Crippen LogP contribution in [0.15, 0.2) is 22.7 Å². The van der Waals surface area contributed by atoms with Gasteiger partial charge < -0.3 is 9.84 Å². The van der Waals surface area contributed by atoms with Crippen molar-refractivity contribution in [2.75, 3.05) is 7.11 Å². The zero-order chi connectivity index (χ0) is 11.0. The van der Waals surface area contributed by atoms with Crippen molar-refractivity contribution in [2.24, 2.45) is 5.92 Å². The highest BCUT2D eigenvalue weighted by Crippen LogP contribution is 2.50. The monoisotopic (exact) mass is 270 g/mol. The highest BCUT2D eigenvalue weighted by Gasteiger charge is 2.44. The second kappa shape index (κ2) is 3.85. The van der Waals surface area contributed by atoms with Crippen LogP contribution in [0.1, 0.15) is 17.9 Å². The summed E-state index contributed by atoms with van der Waals surface area (Å²) in [6, 6.07) is 5.65. The number of hydrogen-bond donors (Lipinski definition) is 1. The SMILES string of the molecule is COc1ccc([C@@H]2C[C@H]2C(=O)O)c(Br)c1. The summed E-state index contributed by atoms with van der Waals surface area (Å²) in [4.78, 5) is 10.7. The molecule has 1 aromatic carbocycles. The molecule has 0 bridgehead atoms. The number of halogens is 1. The van der Waals surface area contributed by atoms with Crippen LogP contribution in [-0.2, 0) is 4.79 Å². The van der Waals surface area contributed by atoms with Crippen LogP contribution in [0.5, 0.6) is 5.75 Å². The molecular weight excluding hydrogens is 260 g/mol. The molecule has 1 N–H and O–H groups in total. The van der Waals surface area contributed by atoms with Gasteiger partial charge in [-0.25, -0.2) is 0 Å². The maximum Gasteiger partial charge on any atom is 0.307 e. The third-order valence-corrected chi connectivity index (χ3v) is 3.40. The Bertz CT molecular complexity index is 403. The predicted octanol–water partition coefficient (Wildman–Crippen LogP) is 2.65. The first-order valence-corrected chi connectivity index (χ1v) is 5.49. The lowest BCUT2D eigenvalue weighted by Gasteiger charge is -2.05. The molecule has 1 aliphatic rings. The summed E-state index contributed by atoms with van der Waals surface area (Å²) in [5.41, 5.74) is 1.06. The molecule has 0 radical (unpaired) electrons. The Labute approximate surface area is 96.2 Å². The Balaban J connectivity index is 2.21. The summed E-state index contributed by atoms with van der Waals surface area (Å²) in [6.07, 6.45) is 0.736. The number of aliphatic carboxylic acids is 1. The van der Waals surface area contributed by atoms with E-state index in [0.29, 0.717) is 0 Å². The molecule has 0 aromatic heterocycles. The second-order valence-electron chi connectivity index (χ2n) is 3.67. The van der Waals surface area contributed by atoms with E-state index in [9.17, 15) is 4.79 Å². The van der Waals surface area contributed by atoms with Crippen molar-refractivity contribution in [3.63, 3.8) is 0 Å². The molecule has 15 heavy (non-hydrogen) atoms. The third kappa shape index (κ3) is 2.00. The van der Waals surface area contributed by atoms with Gasteiger partial charge in [0.2, 0.25) is 0 Å². The van der Waals surface area contributed by atoms with Crippen molar-refractivity contribution in [1.29, 1.82) is 0 Å². The third-order valence-electron chi connectivity index (χ3n) is 2.71. The van der Waals surface area contributed by atoms with E-state index in [4.69, 9.17) is 9.84 Å². The number of ether oxygens (including phenoxy) is 1. The lowest BCUT2D eigenvalue weighted by molar-refractivity contribution is -0.138. The van der Waals surface area contributed by atoms with E-state index in [2.05, 4.69) is 15.9 Å². The van der Waals surface area contributed by atoms with Crippen LogP contribution in [0.4, 0.5) is 0 Å². The molecule has 3 nitrogen and oxygen atoms in total. The van der Waals surface area contributed by atoms with E-state index in [1.165, 1.54) is 0 Å². The Hall–Kier alpha value is -1.03. The molecule has 0 aliphatic heterocycles. The first-order chi connectivity index (χ1) is 7.13. The van der Waals surface area contributed by atoms with Gasteiger partial charge in [-0.1, -0.05) is 22.0 Å². The van der Waals surface area contributed by atoms with Crippen LogP contribution in [0.25, 0.3) is 0 Å². The average Bonchev–Trinajstić information content (AvgIpc) is 2.97. The average molecular weight is 271 g/mol. The Kier molecular flexibility index (Phi) is 2.69. The van der Waals surface area contributed by atoms with Gasteiger partial charge in [-0.15, -0.1) is 0 Å². The highest BCUT2D eigenvalue weighted by molar-refractivity contribution is 9.10. The first-order valence-electron chi connectivity index (χ1n) is 4.69. The summed E-state index contributed by atoms with van der Waals surface area (Å²) in [7, 11) is 1.61. The van der Waals surface area contributed by atoms with Gasteiger partial charge in [0.1, 0.15) is 5.75 Å². The summed E-state index contributed by atoms with van der Waals surface area (Å²) >= 11 is 3.43. The number of carboxylic acid groups (broad SMARTS) is 1. The fourth-order valence-electron chi connectivity index (χ4n) is 1.75. The van der Waals surface area contributed by atoms with Gasteiger partial charge in [-0.2, -0.15) is 0 Å². The van der Waals surface area contributed by atoms with Crippen LogP contribution in [-0.4, -0.2) is 18.2 Å². The molecule has 0 unspecified atom stereocenters. The standard InChI is InChI=1S/C11H11BrO3/c1-15-6-2-3-7(10(12)4-6)8-5-9(8)11(13)14/h2-4,8-9H,5H2,1H3,(H,13,14)/t8-,9+/m0/s1. The fraction of sp³-hybridized carbons (Fsp3) is 0.364. The summed E-state index contributed by atoms with van der Waals surface area (Å²) in [5.74, 6) is 0.0124. The van der Waals surface area contributed by atoms with Gasteiger partial charge in [0.25, 0.3) is 0 Å². The molecule has 0 spiro atoms. The van der Waals surface area contributed by atoms with E-state index >= 15 is 0 Å². The number of carboxylic acids is 1. The van der Waals surface area contributed by atoms with Crippen LogP contribution < -0.4 is 4.74 Å². The minimum Gasteiger partial charge on any atom is -0.497 e. The van der Waals surface area contributed by atoms with E-state index < -0.39 is 5.97 Å². The largest absolute Gasteiger partial charge is 0.497 e. The second-order valence-corrected chi connectivity index (χ2v) is 4.53. The lowest BCUT2D eigenvalue weighted by Crippen LogP contribution is -1.99. The predicted molar refractivity (Wildman–Crippen MR) is 59.2 cm³/mol. The molecule has 80 valence electrons. The minimum absolute atomic E-state index is 0.155. The zero-order valence-electron chi connectivity index (χ0n) is 8.24. The van der Waals surface area contributed by atoms with Gasteiger partial charge in [-0.3, -0.25) is 4.79 Å². The van der Waals surface area contributed by atoms with E-state index in [1.807, 2.05) is 18.2 Å². The molecule has 2 rings (SSSR count). The van der Waals surface area contributed by atoms with E-state index in [0.717, 1.165) is 22.2 Å². The summed E-state index contributed by atoms with van der Waals surface area (Å²) in [5, 5.41) is 8.84. The Morgan fingerprint density at radius 1 is 1.60 bits per heavy atom. The van der Waals surface area contributed by atoms with Crippen molar-refractivity contribution < 1.29 is 14.6 Å². The molecule has 1 aliphatic carbocycles.